The largest absolute Gasteiger partial charge is 0.354 e. The zero-order valence-electron chi connectivity index (χ0n) is 10.8. The molecule has 0 fully saturated rings. The van der Waals surface area contributed by atoms with Gasteiger partial charge in [-0.3, -0.25) is 14.6 Å². The van der Waals surface area contributed by atoms with Gasteiger partial charge in [0.2, 0.25) is 0 Å². The molecule has 0 saturated heterocycles. The molecule has 2 aromatic heterocycles. The van der Waals surface area contributed by atoms with E-state index in [1.54, 1.807) is 19.3 Å². The van der Waals surface area contributed by atoms with Crippen LogP contribution in [0.2, 0.25) is 0 Å². The van der Waals surface area contributed by atoms with E-state index in [4.69, 9.17) is 0 Å². The molecule has 2 rings (SSSR count). The van der Waals surface area contributed by atoms with Crippen molar-refractivity contribution in [3.8, 4) is 0 Å². The number of aryl methyl sites for hydroxylation is 1. The molecule has 0 aromatic carbocycles. The number of hydrogen-bond donors (Lipinski definition) is 2. The first-order valence-corrected chi connectivity index (χ1v) is 5.98. The number of carbonyl (C=O) groups excluding carboxylic acids is 1. The zero-order chi connectivity index (χ0) is 13.8. The lowest BCUT2D eigenvalue weighted by Crippen LogP contribution is -2.28. The molecular formula is C14H15N3O2. The van der Waals surface area contributed by atoms with Crippen LogP contribution in [0.25, 0.3) is 0 Å². The fourth-order valence-corrected chi connectivity index (χ4v) is 1.79. The predicted molar refractivity (Wildman–Crippen MR) is 71.9 cm³/mol. The Balaban J connectivity index is 2.15. The molecule has 5 nitrogen and oxygen atoms in total. The molecule has 1 atom stereocenters. The topological polar surface area (TPSA) is 74.8 Å². The molecule has 5 heteroatoms. The lowest BCUT2D eigenvalue weighted by Gasteiger charge is -2.13. The summed E-state index contributed by atoms with van der Waals surface area (Å²) in [6.45, 7) is 3.60. The van der Waals surface area contributed by atoms with Crippen LogP contribution < -0.4 is 10.7 Å². The average molecular weight is 257 g/mol. The van der Waals surface area contributed by atoms with Gasteiger partial charge in [-0.1, -0.05) is 6.07 Å². The zero-order valence-corrected chi connectivity index (χ0v) is 10.8. The van der Waals surface area contributed by atoms with Gasteiger partial charge in [-0.2, -0.15) is 0 Å². The maximum Gasteiger partial charge on any atom is 0.268 e. The molecule has 0 spiro atoms. The van der Waals surface area contributed by atoms with Crippen molar-refractivity contribution in [1.29, 1.82) is 0 Å². The van der Waals surface area contributed by atoms with Crippen molar-refractivity contribution < 1.29 is 4.79 Å². The van der Waals surface area contributed by atoms with Crippen LogP contribution in [-0.4, -0.2) is 15.9 Å². The number of nitrogens with zero attached hydrogens (tertiary/aromatic N) is 1. The Morgan fingerprint density at radius 2 is 2.21 bits per heavy atom. The Morgan fingerprint density at radius 1 is 1.42 bits per heavy atom. The number of aromatic nitrogens is 2. The summed E-state index contributed by atoms with van der Waals surface area (Å²) >= 11 is 0. The second kappa shape index (κ2) is 5.48. The van der Waals surface area contributed by atoms with Gasteiger partial charge in [0.1, 0.15) is 5.69 Å². The second-order valence-electron chi connectivity index (χ2n) is 4.39. The quantitative estimate of drug-likeness (QED) is 0.876. The van der Waals surface area contributed by atoms with Crippen molar-refractivity contribution in [3.63, 3.8) is 0 Å². The number of carbonyl (C=O) groups is 1. The summed E-state index contributed by atoms with van der Waals surface area (Å²) in [6.07, 6.45) is 3.38. The summed E-state index contributed by atoms with van der Waals surface area (Å²) in [5.41, 5.74) is 1.65. The van der Waals surface area contributed by atoms with E-state index in [0.29, 0.717) is 5.69 Å². The maximum absolute atomic E-state index is 12.0. The standard InChI is InChI=1S/C14H15N3O2/c1-9-6-12(18)7-13(16-9)14(19)17-10(2)11-4-3-5-15-8-11/h3-8,10H,1-2H3,(H,16,18)(H,17,19)/t10-/m0/s1. The summed E-state index contributed by atoms with van der Waals surface area (Å²) in [7, 11) is 0. The Kier molecular flexibility index (Phi) is 3.75. The molecular weight excluding hydrogens is 242 g/mol. The van der Waals surface area contributed by atoms with E-state index < -0.39 is 0 Å². The average Bonchev–Trinajstić information content (AvgIpc) is 2.38. The smallest absolute Gasteiger partial charge is 0.268 e. The molecule has 1 amide bonds. The lowest BCUT2D eigenvalue weighted by atomic mass is 10.1. The number of amides is 1. The highest BCUT2D eigenvalue weighted by atomic mass is 16.2. The predicted octanol–water partition coefficient (Wildman–Crippen LogP) is 1.57. The first-order chi connectivity index (χ1) is 9.06. The Morgan fingerprint density at radius 3 is 2.84 bits per heavy atom. The number of aromatic amines is 1. The van der Waals surface area contributed by atoms with Gasteiger partial charge >= 0.3 is 0 Å². The van der Waals surface area contributed by atoms with E-state index in [1.807, 2.05) is 19.1 Å². The van der Waals surface area contributed by atoms with E-state index in [1.165, 1.54) is 12.1 Å². The van der Waals surface area contributed by atoms with Gasteiger partial charge in [0.05, 0.1) is 6.04 Å². The Hall–Kier alpha value is -2.43. The van der Waals surface area contributed by atoms with E-state index in [0.717, 1.165) is 5.56 Å². The number of hydrogen-bond acceptors (Lipinski definition) is 3. The summed E-state index contributed by atoms with van der Waals surface area (Å²) in [4.78, 5) is 30.3. The summed E-state index contributed by atoms with van der Waals surface area (Å²) < 4.78 is 0. The van der Waals surface area contributed by atoms with E-state index >= 15 is 0 Å². The molecule has 0 aliphatic carbocycles. The first-order valence-electron chi connectivity index (χ1n) is 5.98. The van der Waals surface area contributed by atoms with Crippen molar-refractivity contribution in [1.82, 2.24) is 15.3 Å². The molecule has 0 unspecified atom stereocenters. The monoisotopic (exact) mass is 257 g/mol. The molecule has 98 valence electrons. The number of rotatable bonds is 3. The second-order valence-corrected chi connectivity index (χ2v) is 4.39. The minimum absolute atomic E-state index is 0.176. The SMILES string of the molecule is Cc1cc(=O)cc(C(=O)N[C@@H](C)c2cccnc2)[nH]1. The number of nitrogens with one attached hydrogen (secondary N) is 2. The summed E-state index contributed by atoms with van der Waals surface area (Å²) in [5.74, 6) is -0.308. The highest BCUT2D eigenvalue weighted by molar-refractivity contribution is 5.92. The molecule has 0 aliphatic heterocycles. The van der Waals surface area contributed by atoms with Crippen molar-refractivity contribution in [3.05, 3.63) is 63.8 Å². The summed E-state index contributed by atoms with van der Waals surface area (Å²) in [6, 6.07) is 6.26. The molecule has 0 saturated carbocycles. The van der Waals surface area contributed by atoms with Gasteiger partial charge < -0.3 is 10.3 Å². The van der Waals surface area contributed by atoms with Gasteiger partial charge in [-0.05, 0) is 25.5 Å². The van der Waals surface area contributed by atoms with Crippen molar-refractivity contribution in [2.45, 2.75) is 19.9 Å². The third-order valence-electron chi connectivity index (χ3n) is 2.75. The molecule has 0 aliphatic rings. The molecule has 0 bridgehead atoms. The van der Waals surface area contributed by atoms with Crippen molar-refractivity contribution >= 4 is 5.91 Å². The van der Waals surface area contributed by atoms with Crippen LogP contribution in [0, 0.1) is 6.92 Å². The van der Waals surface area contributed by atoms with Crippen LogP contribution in [0.15, 0.2) is 41.5 Å². The lowest BCUT2D eigenvalue weighted by molar-refractivity contribution is 0.0934. The van der Waals surface area contributed by atoms with Crippen LogP contribution in [0.5, 0.6) is 0 Å². The normalized spacial score (nSPS) is 11.9. The first kappa shape index (κ1) is 13.0. The van der Waals surface area contributed by atoms with Crippen molar-refractivity contribution in [2.24, 2.45) is 0 Å². The maximum atomic E-state index is 12.0. The third kappa shape index (κ3) is 3.28. The molecule has 19 heavy (non-hydrogen) atoms. The fourth-order valence-electron chi connectivity index (χ4n) is 1.79. The molecule has 0 radical (unpaired) electrons. The van der Waals surface area contributed by atoms with E-state index in [2.05, 4.69) is 15.3 Å². The van der Waals surface area contributed by atoms with E-state index in [9.17, 15) is 9.59 Å². The number of H-pyrrole nitrogens is 1. The van der Waals surface area contributed by atoms with E-state index in [-0.39, 0.29) is 23.1 Å². The molecule has 2 aromatic rings. The van der Waals surface area contributed by atoms with Crippen LogP contribution in [0.1, 0.15) is 34.7 Å². The highest BCUT2D eigenvalue weighted by Gasteiger charge is 2.12. The third-order valence-corrected chi connectivity index (χ3v) is 2.75. The van der Waals surface area contributed by atoms with Gasteiger partial charge in [0.25, 0.3) is 5.91 Å². The van der Waals surface area contributed by atoms with Gasteiger partial charge in [-0.25, -0.2) is 0 Å². The highest BCUT2D eigenvalue weighted by Crippen LogP contribution is 2.10. The molecule has 2 heterocycles. The minimum Gasteiger partial charge on any atom is -0.354 e. The number of pyridine rings is 2. The van der Waals surface area contributed by atoms with Gasteiger partial charge in [-0.15, -0.1) is 0 Å². The van der Waals surface area contributed by atoms with Crippen LogP contribution >= 0.6 is 0 Å². The van der Waals surface area contributed by atoms with Gasteiger partial charge in [0.15, 0.2) is 5.43 Å². The fraction of sp³-hybridized carbons (Fsp3) is 0.214. The van der Waals surface area contributed by atoms with Gasteiger partial charge in [0, 0.05) is 30.2 Å². The van der Waals surface area contributed by atoms with Crippen LogP contribution in [0.3, 0.4) is 0 Å². The Bertz CT molecular complexity index is 635. The summed E-state index contributed by atoms with van der Waals surface area (Å²) in [5, 5.41) is 2.82. The van der Waals surface area contributed by atoms with Crippen molar-refractivity contribution in [2.75, 3.05) is 0 Å². The Labute approximate surface area is 110 Å². The molecule has 2 N–H and O–H groups in total. The van der Waals surface area contributed by atoms with Crippen LogP contribution in [0.4, 0.5) is 0 Å². The van der Waals surface area contributed by atoms with Crippen LogP contribution in [-0.2, 0) is 0 Å². The minimum atomic E-state index is -0.308.